The third kappa shape index (κ3) is 3.39. The van der Waals surface area contributed by atoms with E-state index in [1.807, 2.05) is 19.3 Å². The number of nitro benzene ring substituents is 1. The van der Waals surface area contributed by atoms with Gasteiger partial charge in [-0.25, -0.2) is 0 Å². The molecule has 2 rings (SSSR count). The number of hydrogen-bond acceptors (Lipinski definition) is 4. The molecule has 0 saturated carbocycles. The van der Waals surface area contributed by atoms with Crippen molar-refractivity contribution < 1.29 is 9.31 Å². The van der Waals surface area contributed by atoms with Crippen molar-refractivity contribution in [2.24, 2.45) is 7.05 Å². The Balaban J connectivity index is 1.88. The molecule has 1 aromatic heterocycles. The summed E-state index contributed by atoms with van der Waals surface area (Å²) in [6.45, 7) is 0.874. The molecule has 0 aliphatic heterocycles. The van der Waals surface area contributed by atoms with Crippen LogP contribution in [0.2, 0.25) is 0 Å². The molecule has 106 valence electrons. The van der Waals surface area contributed by atoms with Gasteiger partial charge in [-0.1, -0.05) is 12.1 Å². The van der Waals surface area contributed by atoms with E-state index in [1.165, 1.54) is 12.1 Å². The van der Waals surface area contributed by atoms with E-state index in [4.69, 9.17) is 0 Å². The molecule has 0 aliphatic rings. The highest BCUT2D eigenvalue weighted by atomic mass is 19.1. The lowest BCUT2D eigenvalue weighted by molar-refractivity contribution is -0.387. The van der Waals surface area contributed by atoms with Crippen LogP contribution in [0.5, 0.6) is 0 Å². The smallest absolute Gasteiger partial charge is 0.305 e. The molecule has 0 spiro atoms. The van der Waals surface area contributed by atoms with E-state index in [9.17, 15) is 14.5 Å². The van der Waals surface area contributed by atoms with Crippen LogP contribution in [0.15, 0.2) is 30.5 Å². The largest absolute Gasteiger partial charge is 0.312 e. The lowest BCUT2D eigenvalue weighted by Crippen LogP contribution is -2.18. The average Bonchev–Trinajstić information content (AvgIpc) is 2.82. The number of nitrogens with zero attached hydrogens (tertiary/aromatic N) is 3. The number of hydrogen-bond donors (Lipinski definition) is 1. The summed E-state index contributed by atoms with van der Waals surface area (Å²) in [6, 6.07) is 6.09. The first-order valence-corrected chi connectivity index (χ1v) is 6.19. The second-order valence-corrected chi connectivity index (χ2v) is 4.41. The molecule has 0 unspecified atom stereocenters. The maximum atomic E-state index is 13.8. The minimum Gasteiger partial charge on any atom is -0.312 e. The third-order valence-electron chi connectivity index (χ3n) is 2.90. The van der Waals surface area contributed by atoms with Crippen LogP contribution in [0.25, 0.3) is 0 Å². The summed E-state index contributed by atoms with van der Waals surface area (Å²) in [5, 5.41) is 17.9. The van der Waals surface area contributed by atoms with E-state index < -0.39 is 16.4 Å². The van der Waals surface area contributed by atoms with Crippen molar-refractivity contribution in [3.05, 3.63) is 57.7 Å². The van der Waals surface area contributed by atoms with Crippen molar-refractivity contribution in [3.63, 3.8) is 0 Å². The monoisotopic (exact) mass is 278 g/mol. The second kappa shape index (κ2) is 6.25. The number of nitrogens with one attached hydrogen (secondary N) is 1. The molecule has 0 radical (unpaired) electrons. The minimum absolute atomic E-state index is 0.250. The fourth-order valence-corrected chi connectivity index (χ4v) is 1.88. The van der Waals surface area contributed by atoms with Gasteiger partial charge >= 0.3 is 5.69 Å². The SMILES string of the molecule is Cn1ccc(CCNCc2cccc([N+](=O)[O-])c2F)n1. The highest BCUT2D eigenvalue weighted by molar-refractivity contribution is 5.36. The summed E-state index contributed by atoms with van der Waals surface area (Å²) >= 11 is 0. The van der Waals surface area contributed by atoms with Gasteiger partial charge in [0, 0.05) is 44.4 Å². The van der Waals surface area contributed by atoms with Crippen LogP contribution in [-0.2, 0) is 20.0 Å². The average molecular weight is 278 g/mol. The first-order chi connectivity index (χ1) is 9.58. The molecule has 0 aliphatic carbocycles. The van der Waals surface area contributed by atoms with E-state index in [-0.39, 0.29) is 6.54 Å². The second-order valence-electron chi connectivity index (χ2n) is 4.41. The summed E-state index contributed by atoms with van der Waals surface area (Å²) in [4.78, 5) is 9.91. The van der Waals surface area contributed by atoms with Crippen LogP contribution >= 0.6 is 0 Å². The van der Waals surface area contributed by atoms with Crippen molar-refractivity contribution in [1.82, 2.24) is 15.1 Å². The van der Waals surface area contributed by atoms with Gasteiger partial charge in [0.25, 0.3) is 0 Å². The molecule has 0 saturated heterocycles. The molecule has 7 heteroatoms. The molecule has 0 amide bonds. The standard InChI is InChI=1S/C13H15FN4O2/c1-17-8-6-11(16-17)5-7-15-9-10-3-2-4-12(13(10)14)18(19)20/h2-4,6,8,15H,5,7,9H2,1H3. The Morgan fingerprint density at radius 1 is 1.45 bits per heavy atom. The zero-order valence-corrected chi connectivity index (χ0v) is 11.0. The summed E-state index contributed by atoms with van der Waals surface area (Å²) in [7, 11) is 1.84. The summed E-state index contributed by atoms with van der Waals surface area (Å²) in [6.07, 6.45) is 2.58. The Labute approximate surface area is 115 Å². The Bertz CT molecular complexity index is 612. The molecule has 0 fully saturated rings. The van der Waals surface area contributed by atoms with Crippen LogP contribution in [0.3, 0.4) is 0 Å². The molecule has 2 aromatic rings. The molecule has 0 bridgehead atoms. The van der Waals surface area contributed by atoms with Crippen LogP contribution < -0.4 is 5.32 Å². The number of halogens is 1. The van der Waals surface area contributed by atoms with Crippen molar-refractivity contribution in [2.75, 3.05) is 6.54 Å². The summed E-state index contributed by atoms with van der Waals surface area (Å²) in [5.74, 6) is -0.775. The normalized spacial score (nSPS) is 10.7. The number of aryl methyl sites for hydroxylation is 1. The van der Waals surface area contributed by atoms with E-state index in [1.54, 1.807) is 4.68 Å². The maximum Gasteiger partial charge on any atom is 0.305 e. The fourth-order valence-electron chi connectivity index (χ4n) is 1.88. The first-order valence-electron chi connectivity index (χ1n) is 6.19. The van der Waals surface area contributed by atoms with Gasteiger partial charge in [-0.05, 0) is 6.07 Å². The molecule has 1 heterocycles. The molecular formula is C13H15FN4O2. The van der Waals surface area contributed by atoms with Crippen molar-refractivity contribution in [1.29, 1.82) is 0 Å². The predicted octanol–water partition coefficient (Wildman–Crippen LogP) is 1.80. The van der Waals surface area contributed by atoms with Gasteiger partial charge in [-0.3, -0.25) is 14.8 Å². The zero-order valence-electron chi connectivity index (χ0n) is 11.0. The Hall–Kier alpha value is -2.28. The van der Waals surface area contributed by atoms with Gasteiger partial charge in [0.1, 0.15) is 0 Å². The Morgan fingerprint density at radius 2 is 2.25 bits per heavy atom. The topological polar surface area (TPSA) is 73.0 Å². The van der Waals surface area contributed by atoms with Crippen LogP contribution in [0, 0.1) is 15.9 Å². The van der Waals surface area contributed by atoms with Crippen LogP contribution in [0.1, 0.15) is 11.3 Å². The lowest BCUT2D eigenvalue weighted by Gasteiger charge is -2.05. The molecular weight excluding hydrogens is 263 g/mol. The highest BCUT2D eigenvalue weighted by Crippen LogP contribution is 2.19. The van der Waals surface area contributed by atoms with Gasteiger partial charge in [-0.2, -0.15) is 9.49 Å². The molecule has 0 atom stereocenters. The zero-order chi connectivity index (χ0) is 14.5. The van der Waals surface area contributed by atoms with E-state index >= 15 is 0 Å². The maximum absolute atomic E-state index is 13.8. The third-order valence-corrected chi connectivity index (χ3v) is 2.90. The predicted molar refractivity (Wildman–Crippen MR) is 71.7 cm³/mol. The number of benzene rings is 1. The van der Waals surface area contributed by atoms with Gasteiger partial charge in [0.05, 0.1) is 10.6 Å². The summed E-state index contributed by atoms with van der Waals surface area (Å²) < 4.78 is 15.5. The van der Waals surface area contributed by atoms with E-state index in [0.29, 0.717) is 12.1 Å². The number of aromatic nitrogens is 2. The van der Waals surface area contributed by atoms with Crippen molar-refractivity contribution in [2.45, 2.75) is 13.0 Å². The molecule has 1 aromatic carbocycles. The highest BCUT2D eigenvalue weighted by Gasteiger charge is 2.16. The first kappa shape index (κ1) is 14.1. The number of nitro groups is 1. The lowest BCUT2D eigenvalue weighted by atomic mass is 10.2. The van der Waals surface area contributed by atoms with Crippen molar-refractivity contribution in [3.8, 4) is 0 Å². The quantitative estimate of drug-likeness (QED) is 0.497. The van der Waals surface area contributed by atoms with Crippen LogP contribution in [-0.4, -0.2) is 21.2 Å². The Morgan fingerprint density at radius 3 is 2.90 bits per heavy atom. The van der Waals surface area contributed by atoms with Crippen LogP contribution in [0.4, 0.5) is 10.1 Å². The Kier molecular flexibility index (Phi) is 4.41. The minimum atomic E-state index is -0.775. The van der Waals surface area contributed by atoms with Crippen molar-refractivity contribution >= 4 is 5.69 Å². The number of rotatable bonds is 6. The van der Waals surface area contributed by atoms with Gasteiger partial charge < -0.3 is 5.32 Å². The van der Waals surface area contributed by atoms with Gasteiger partial charge in [0.2, 0.25) is 5.82 Å². The van der Waals surface area contributed by atoms with Gasteiger partial charge in [0.15, 0.2) is 0 Å². The molecule has 20 heavy (non-hydrogen) atoms. The fraction of sp³-hybridized carbons (Fsp3) is 0.308. The molecule has 6 nitrogen and oxygen atoms in total. The summed E-state index contributed by atoms with van der Waals surface area (Å²) in [5.41, 5.74) is 0.744. The molecule has 1 N–H and O–H groups in total. The van der Waals surface area contributed by atoms with E-state index in [2.05, 4.69) is 10.4 Å². The van der Waals surface area contributed by atoms with Gasteiger partial charge in [-0.15, -0.1) is 0 Å². The van der Waals surface area contributed by atoms with E-state index in [0.717, 1.165) is 18.2 Å².